The summed E-state index contributed by atoms with van der Waals surface area (Å²) in [5, 5.41) is 8.64. The molecule has 1 aromatic rings. The third kappa shape index (κ3) is 1.42. The molecule has 0 radical (unpaired) electrons. The number of benzene rings is 1. The van der Waals surface area contributed by atoms with Crippen LogP contribution in [0.4, 0.5) is 5.69 Å². The van der Waals surface area contributed by atoms with Crippen LogP contribution in [0.3, 0.4) is 0 Å². The highest BCUT2D eigenvalue weighted by Gasteiger charge is 2.36. The molecule has 80 valence electrons. The second-order valence-electron chi connectivity index (χ2n) is 3.50. The van der Waals surface area contributed by atoms with Gasteiger partial charge in [0.05, 0.1) is 17.3 Å². The fraction of sp³-hybridized carbons (Fsp3) is 0.182. The van der Waals surface area contributed by atoms with Crippen molar-refractivity contribution in [1.29, 1.82) is 5.26 Å². The number of anilines is 1. The molecule has 0 fully saturated rings. The van der Waals surface area contributed by atoms with E-state index in [9.17, 15) is 9.59 Å². The Kier molecular flexibility index (Phi) is 2.52. The van der Waals surface area contributed by atoms with Gasteiger partial charge in [-0.15, -0.1) is 0 Å². The Bertz CT molecular complexity index is 546. The zero-order valence-corrected chi connectivity index (χ0v) is 10.0. The Hall–Kier alpha value is -1.67. The van der Waals surface area contributed by atoms with E-state index in [1.54, 1.807) is 13.0 Å². The lowest BCUT2D eigenvalue weighted by molar-refractivity contribution is -0.114. The maximum atomic E-state index is 11.7. The van der Waals surface area contributed by atoms with Gasteiger partial charge in [0.2, 0.25) is 0 Å². The number of ketones is 1. The second kappa shape index (κ2) is 3.72. The van der Waals surface area contributed by atoms with E-state index in [-0.39, 0.29) is 6.54 Å². The van der Waals surface area contributed by atoms with Gasteiger partial charge >= 0.3 is 0 Å². The molecule has 1 aliphatic rings. The third-order valence-electron chi connectivity index (χ3n) is 2.45. The summed E-state index contributed by atoms with van der Waals surface area (Å²) in [6, 6.07) is 5.31. The van der Waals surface area contributed by atoms with Crippen LogP contribution in [0.15, 0.2) is 16.6 Å². The second-order valence-corrected chi connectivity index (χ2v) is 4.41. The SMILES string of the molecule is Cc1cc(Br)cc2c1N(CC#N)C(=O)C2=O. The molecular weight excluding hydrogens is 272 g/mol. The molecule has 16 heavy (non-hydrogen) atoms. The quantitative estimate of drug-likeness (QED) is 0.581. The van der Waals surface area contributed by atoms with E-state index in [0.29, 0.717) is 11.3 Å². The van der Waals surface area contributed by atoms with Crippen LogP contribution in [-0.4, -0.2) is 18.2 Å². The van der Waals surface area contributed by atoms with Crippen LogP contribution < -0.4 is 4.90 Å². The van der Waals surface area contributed by atoms with Gasteiger partial charge in [-0.05, 0) is 24.6 Å². The number of Topliss-reactive ketones (excluding diaryl/α,β-unsaturated/α-hetero) is 1. The van der Waals surface area contributed by atoms with Crippen molar-refractivity contribution in [3.05, 3.63) is 27.7 Å². The molecule has 0 aromatic heterocycles. The van der Waals surface area contributed by atoms with Crippen molar-refractivity contribution in [1.82, 2.24) is 0 Å². The molecule has 0 saturated carbocycles. The summed E-state index contributed by atoms with van der Waals surface area (Å²) >= 11 is 3.28. The zero-order chi connectivity index (χ0) is 11.9. The number of carbonyl (C=O) groups excluding carboxylic acids is 2. The predicted octanol–water partition coefficient (Wildman–Crippen LogP) is 1.81. The third-order valence-corrected chi connectivity index (χ3v) is 2.91. The van der Waals surface area contributed by atoms with Crippen LogP contribution in [0.5, 0.6) is 0 Å². The van der Waals surface area contributed by atoms with E-state index in [4.69, 9.17) is 5.26 Å². The summed E-state index contributed by atoms with van der Waals surface area (Å²) in [6.07, 6.45) is 0. The number of nitriles is 1. The molecule has 4 nitrogen and oxygen atoms in total. The number of hydrogen-bond donors (Lipinski definition) is 0. The number of hydrogen-bond acceptors (Lipinski definition) is 3. The minimum atomic E-state index is -0.627. The molecule has 5 heteroatoms. The Balaban J connectivity index is 2.66. The Morgan fingerprint density at radius 2 is 2.12 bits per heavy atom. The number of carbonyl (C=O) groups is 2. The van der Waals surface area contributed by atoms with E-state index in [2.05, 4.69) is 15.9 Å². The highest BCUT2D eigenvalue weighted by molar-refractivity contribution is 9.10. The van der Waals surface area contributed by atoms with Crippen LogP contribution in [-0.2, 0) is 4.79 Å². The fourth-order valence-corrected chi connectivity index (χ4v) is 2.40. The van der Waals surface area contributed by atoms with Crippen molar-refractivity contribution in [2.75, 3.05) is 11.4 Å². The number of fused-ring (bicyclic) bond motifs is 1. The average Bonchev–Trinajstić information content (AvgIpc) is 2.44. The maximum absolute atomic E-state index is 11.7. The largest absolute Gasteiger partial charge is 0.300 e. The van der Waals surface area contributed by atoms with Crippen LogP contribution in [0.1, 0.15) is 15.9 Å². The lowest BCUT2D eigenvalue weighted by Gasteiger charge is -2.14. The van der Waals surface area contributed by atoms with Gasteiger partial charge in [0.1, 0.15) is 6.54 Å². The number of rotatable bonds is 1. The van der Waals surface area contributed by atoms with Gasteiger partial charge in [0, 0.05) is 4.47 Å². The first-order valence-electron chi connectivity index (χ1n) is 4.59. The van der Waals surface area contributed by atoms with E-state index >= 15 is 0 Å². The molecule has 1 aliphatic heterocycles. The Labute approximate surface area is 101 Å². The van der Waals surface area contributed by atoms with Gasteiger partial charge < -0.3 is 0 Å². The Morgan fingerprint density at radius 3 is 2.75 bits per heavy atom. The van der Waals surface area contributed by atoms with Gasteiger partial charge in [0.25, 0.3) is 11.7 Å². The average molecular weight is 279 g/mol. The number of amides is 1. The summed E-state index contributed by atoms with van der Waals surface area (Å²) in [4.78, 5) is 24.5. The van der Waals surface area contributed by atoms with E-state index in [0.717, 1.165) is 10.0 Å². The molecule has 0 aliphatic carbocycles. The summed E-state index contributed by atoms with van der Waals surface area (Å²) in [7, 11) is 0. The van der Waals surface area contributed by atoms with Crippen molar-refractivity contribution >= 4 is 33.3 Å². The molecule has 2 rings (SSSR count). The first-order chi connectivity index (χ1) is 7.56. The normalized spacial score (nSPS) is 13.9. The molecule has 0 saturated heterocycles. The minimum Gasteiger partial charge on any atom is -0.291 e. The minimum absolute atomic E-state index is 0.0972. The van der Waals surface area contributed by atoms with Gasteiger partial charge in [0.15, 0.2) is 0 Å². The molecular formula is C11H7BrN2O2. The molecule has 0 N–H and O–H groups in total. The summed E-state index contributed by atoms with van der Waals surface area (Å²) < 4.78 is 0.753. The van der Waals surface area contributed by atoms with Crippen LogP contribution in [0.2, 0.25) is 0 Å². The maximum Gasteiger partial charge on any atom is 0.300 e. The highest BCUT2D eigenvalue weighted by Crippen LogP contribution is 2.34. The molecule has 1 amide bonds. The van der Waals surface area contributed by atoms with Crippen LogP contribution in [0.25, 0.3) is 0 Å². The predicted molar refractivity (Wildman–Crippen MR) is 61.2 cm³/mol. The van der Waals surface area contributed by atoms with Gasteiger partial charge in [-0.1, -0.05) is 15.9 Å². The fourth-order valence-electron chi connectivity index (χ4n) is 1.83. The molecule has 0 atom stereocenters. The highest BCUT2D eigenvalue weighted by atomic mass is 79.9. The molecule has 1 aromatic carbocycles. The summed E-state index contributed by atoms with van der Waals surface area (Å²) in [6.45, 7) is 1.71. The van der Waals surface area contributed by atoms with Crippen molar-refractivity contribution in [3.63, 3.8) is 0 Å². The first-order valence-corrected chi connectivity index (χ1v) is 5.39. The lowest BCUT2D eigenvalue weighted by atomic mass is 10.1. The molecule has 0 spiro atoms. The van der Waals surface area contributed by atoms with Crippen LogP contribution in [0, 0.1) is 18.3 Å². The smallest absolute Gasteiger partial charge is 0.291 e. The van der Waals surface area contributed by atoms with Crippen molar-refractivity contribution < 1.29 is 9.59 Å². The summed E-state index contributed by atoms with van der Waals surface area (Å²) in [5.74, 6) is -1.17. The van der Waals surface area contributed by atoms with Gasteiger partial charge in [-0.3, -0.25) is 14.5 Å². The standard InChI is InChI=1S/C11H7BrN2O2/c1-6-4-7(12)5-8-9(6)14(3-2-13)11(16)10(8)15/h4-5H,3H2,1H3. The van der Waals surface area contributed by atoms with E-state index in [1.807, 2.05) is 12.1 Å². The molecule has 0 bridgehead atoms. The monoisotopic (exact) mass is 278 g/mol. The zero-order valence-electron chi connectivity index (χ0n) is 8.45. The molecule has 0 unspecified atom stereocenters. The number of aryl methyl sites for hydroxylation is 1. The topological polar surface area (TPSA) is 61.2 Å². The Morgan fingerprint density at radius 1 is 1.44 bits per heavy atom. The summed E-state index contributed by atoms with van der Waals surface area (Å²) in [5.41, 5.74) is 1.73. The van der Waals surface area contributed by atoms with E-state index < -0.39 is 11.7 Å². The lowest BCUT2D eigenvalue weighted by Crippen LogP contribution is -2.30. The van der Waals surface area contributed by atoms with Crippen molar-refractivity contribution in [2.45, 2.75) is 6.92 Å². The van der Waals surface area contributed by atoms with E-state index in [1.165, 1.54) is 4.90 Å². The number of nitrogens with zero attached hydrogens (tertiary/aromatic N) is 2. The van der Waals surface area contributed by atoms with Crippen molar-refractivity contribution in [3.8, 4) is 6.07 Å². The number of halogens is 1. The van der Waals surface area contributed by atoms with Gasteiger partial charge in [-0.2, -0.15) is 5.26 Å². The van der Waals surface area contributed by atoms with Crippen LogP contribution >= 0.6 is 15.9 Å². The van der Waals surface area contributed by atoms with Crippen molar-refractivity contribution in [2.24, 2.45) is 0 Å². The molecule has 1 heterocycles. The first kappa shape index (κ1) is 10.8. The van der Waals surface area contributed by atoms with Gasteiger partial charge in [-0.25, -0.2) is 0 Å².